The Morgan fingerprint density at radius 2 is 1.85 bits per heavy atom. The first kappa shape index (κ1) is 18.8. The lowest BCUT2D eigenvalue weighted by Crippen LogP contribution is -2.33. The third-order valence-electron chi connectivity index (χ3n) is 3.98. The number of urea groups is 1. The van der Waals surface area contributed by atoms with E-state index in [1.54, 1.807) is 12.1 Å². The maximum absolute atomic E-state index is 13.0. The number of furan rings is 1. The highest BCUT2D eigenvalue weighted by molar-refractivity contribution is 5.90. The van der Waals surface area contributed by atoms with Crippen molar-refractivity contribution in [3.05, 3.63) is 65.9 Å². The van der Waals surface area contributed by atoms with Crippen LogP contribution in [0.2, 0.25) is 0 Å². The van der Waals surface area contributed by atoms with Crippen molar-refractivity contribution >= 4 is 22.7 Å². The van der Waals surface area contributed by atoms with Gasteiger partial charge in [-0.2, -0.15) is 13.2 Å². The van der Waals surface area contributed by atoms with E-state index in [0.29, 0.717) is 11.3 Å². The van der Waals surface area contributed by atoms with Crippen molar-refractivity contribution in [2.45, 2.75) is 12.3 Å². The van der Waals surface area contributed by atoms with Gasteiger partial charge in [0.2, 0.25) is 0 Å². The van der Waals surface area contributed by atoms with Crippen LogP contribution in [-0.2, 0) is 10.9 Å². The van der Waals surface area contributed by atoms with Crippen molar-refractivity contribution in [2.24, 2.45) is 0 Å². The molecule has 0 saturated heterocycles. The van der Waals surface area contributed by atoms with Gasteiger partial charge >= 0.3 is 12.2 Å². The van der Waals surface area contributed by atoms with E-state index < -0.39 is 23.9 Å². The van der Waals surface area contributed by atoms with E-state index in [1.165, 1.54) is 25.3 Å². The molecule has 3 rings (SSSR count). The van der Waals surface area contributed by atoms with Gasteiger partial charge in [-0.1, -0.05) is 30.3 Å². The quantitative estimate of drug-likeness (QED) is 0.660. The number of rotatable bonds is 5. The average molecular weight is 378 g/mol. The summed E-state index contributed by atoms with van der Waals surface area (Å²) < 4.78 is 50.0. The Balaban J connectivity index is 1.66. The molecule has 0 saturated carbocycles. The summed E-state index contributed by atoms with van der Waals surface area (Å²) in [5.74, 6) is 0.509. The van der Waals surface area contributed by atoms with E-state index in [4.69, 9.17) is 9.15 Å². The molecule has 0 spiro atoms. The Labute approximate surface area is 153 Å². The maximum Gasteiger partial charge on any atom is 0.418 e. The predicted molar refractivity (Wildman–Crippen MR) is 94.4 cm³/mol. The highest BCUT2D eigenvalue weighted by atomic mass is 19.4. The van der Waals surface area contributed by atoms with Gasteiger partial charge in [0.1, 0.15) is 17.4 Å². The molecule has 5 nitrogen and oxygen atoms in total. The first-order valence-corrected chi connectivity index (χ1v) is 8.11. The van der Waals surface area contributed by atoms with E-state index >= 15 is 0 Å². The van der Waals surface area contributed by atoms with Crippen molar-refractivity contribution in [3.8, 4) is 0 Å². The third-order valence-corrected chi connectivity index (χ3v) is 3.98. The van der Waals surface area contributed by atoms with Crippen molar-refractivity contribution in [3.63, 3.8) is 0 Å². The summed E-state index contributed by atoms with van der Waals surface area (Å²) in [7, 11) is 1.45. The fourth-order valence-corrected chi connectivity index (χ4v) is 2.65. The van der Waals surface area contributed by atoms with E-state index in [0.717, 1.165) is 11.5 Å². The number of alkyl halides is 3. The summed E-state index contributed by atoms with van der Waals surface area (Å²) >= 11 is 0. The Kier molecular flexibility index (Phi) is 5.36. The summed E-state index contributed by atoms with van der Waals surface area (Å²) in [5.41, 5.74) is -0.556. The summed E-state index contributed by atoms with van der Waals surface area (Å²) in [6, 6.07) is 13.2. The number of ether oxygens (including phenoxy) is 1. The molecule has 0 unspecified atom stereocenters. The smallest absolute Gasteiger partial charge is 0.418 e. The number of anilines is 1. The monoisotopic (exact) mass is 378 g/mol. The van der Waals surface area contributed by atoms with Gasteiger partial charge in [-0.05, 0) is 24.3 Å². The molecule has 0 fully saturated rings. The molecular weight excluding hydrogens is 361 g/mol. The van der Waals surface area contributed by atoms with Gasteiger partial charge in [0.15, 0.2) is 0 Å². The molecule has 8 heteroatoms. The molecule has 0 aliphatic carbocycles. The van der Waals surface area contributed by atoms with Crippen molar-refractivity contribution in [1.29, 1.82) is 0 Å². The number of methoxy groups -OCH3 is 1. The number of hydrogen-bond acceptors (Lipinski definition) is 3. The maximum atomic E-state index is 13.0. The van der Waals surface area contributed by atoms with Crippen LogP contribution in [-0.4, -0.2) is 19.7 Å². The summed E-state index contributed by atoms with van der Waals surface area (Å²) in [4.78, 5) is 12.0. The van der Waals surface area contributed by atoms with Crippen LogP contribution in [0.1, 0.15) is 17.4 Å². The van der Waals surface area contributed by atoms with Crippen LogP contribution in [0.4, 0.5) is 23.7 Å². The van der Waals surface area contributed by atoms with E-state index in [2.05, 4.69) is 10.6 Å². The zero-order chi connectivity index (χ0) is 19.4. The number of hydrogen-bond donors (Lipinski definition) is 2. The second-order valence-corrected chi connectivity index (χ2v) is 5.79. The van der Waals surface area contributed by atoms with Gasteiger partial charge in [0, 0.05) is 12.5 Å². The molecule has 0 aliphatic rings. The number of benzene rings is 2. The van der Waals surface area contributed by atoms with Crippen molar-refractivity contribution < 1.29 is 27.1 Å². The zero-order valence-electron chi connectivity index (χ0n) is 14.3. The largest absolute Gasteiger partial charge is 0.458 e. The summed E-state index contributed by atoms with van der Waals surface area (Å²) in [6.45, 7) is 0.0241. The van der Waals surface area contributed by atoms with Crippen LogP contribution in [0.25, 0.3) is 11.0 Å². The molecule has 1 atom stereocenters. The molecule has 27 heavy (non-hydrogen) atoms. The second-order valence-electron chi connectivity index (χ2n) is 5.79. The van der Waals surface area contributed by atoms with Crippen LogP contribution in [0, 0.1) is 0 Å². The van der Waals surface area contributed by atoms with Crippen molar-refractivity contribution in [1.82, 2.24) is 5.32 Å². The minimum atomic E-state index is -4.56. The molecule has 0 aliphatic heterocycles. The fourth-order valence-electron chi connectivity index (χ4n) is 2.65. The van der Waals surface area contributed by atoms with E-state index in [9.17, 15) is 18.0 Å². The number of halogens is 3. The predicted octanol–water partition coefficient (Wildman–Crippen LogP) is 4.96. The molecular formula is C19H17F3N2O3. The first-order chi connectivity index (χ1) is 12.9. The Morgan fingerprint density at radius 1 is 1.15 bits per heavy atom. The fraction of sp³-hybridized carbons (Fsp3) is 0.211. The number of nitrogens with one attached hydrogen (secondary N) is 2. The van der Waals surface area contributed by atoms with Crippen LogP contribution in [0.3, 0.4) is 0 Å². The van der Waals surface area contributed by atoms with Crippen LogP contribution >= 0.6 is 0 Å². The zero-order valence-corrected chi connectivity index (χ0v) is 14.3. The molecule has 2 aromatic carbocycles. The number of amides is 2. The van der Waals surface area contributed by atoms with E-state index in [1.807, 2.05) is 18.2 Å². The molecule has 1 aromatic heterocycles. The molecule has 2 amide bonds. The van der Waals surface area contributed by atoms with Gasteiger partial charge in [-0.15, -0.1) is 0 Å². The highest BCUT2D eigenvalue weighted by Crippen LogP contribution is 2.34. The van der Waals surface area contributed by atoms with E-state index in [-0.39, 0.29) is 12.2 Å². The van der Waals surface area contributed by atoms with Gasteiger partial charge in [0.25, 0.3) is 0 Å². The first-order valence-electron chi connectivity index (χ1n) is 8.11. The minimum Gasteiger partial charge on any atom is -0.458 e. The Morgan fingerprint density at radius 3 is 2.56 bits per heavy atom. The van der Waals surface area contributed by atoms with Gasteiger partial charge in [-0.3, -0.25) is 0 Å². The number of carbonyl (C=O) groups excluding carboxylic acids is 1. The van der Waals surface area contributed by atoms with Crippen molar-refractivity contribution in [2.75, 3.05) is 19.0 Å². The Hall–Kier alpha value is -3.00. The number of para-hydroxylation sites is 2. The third kappa shape index (κ3) is 4.40. The number of fused-ring (bicyclic) bond motifs is 1. The topological polar surface area (TPSA) is 63.5 Å². The van der Waals surface area contributed by atoms with Gasteiger partial charge < -0.3 is 19.8 Å². The van der Waals surface area contributed by atoms with Gasteiger partial charge in [0.05, 0.1) is 17.8 Å². The summed E-state index contributed by atoms with van der Waals surface area (Å²) in [5, 5.41) is 5.61. The van der Waals surface area contributed by atoms with Crippen LogP contribution in [0.5, 0.6) is 0 Å². The lowest BCUT2D eigenvalue weighted by molar-refractivity contribution is -0.136. The van der Waals surface area contributed by atoms with Crippen LogP contribution in [0.15, 0.2) is 59.0 Å². The molecule has 142 valence electrons. The molecule has 1 heterocycles. The number of carbonyl (C=O) groups is 1. The molecule has 0 radical (unpaired) electrons. The molecule has 0 bridgehead atoms. The standard InChI is InChI=1S/C19H17F3N2O3/c1-26-17(16-10-12-6-2-5-9-15(12)27-16)11-23-18(25)24-14-8-4-3-7-13(14)19(20,21)22/h2-10,17H,11H2,1H3,(H2,23,24,25)/t17-/m1/s1. The highest BCUT2D eigenvalue weighted by Gasteiger charge is 2.33. The summed E-state index contributed by atoms with van der Waals surface area (Å²) in [6.07, 6.45) is -5.14. The molecule has 3 aromatic rings. The SMILES string of the molecule is CO[C@H](CNC(=O)Nc1ccccc1C(F)(F)F)c1cc2ccccc2o1. The average Bonchev–Trinajstić information content (AvgIpc) is 3.05. The molecule has 2 N–H and O–H groups in total. The lowest BCUT2D eigenvalue weighted by atomic mass is 10.1. The minimum absolute atomic E-state index is 0.0241. The Bertz CT molecular complexity index is 904. The van der Waals surface area contributed by atoms with Gasteiger partial charge in [-0.25, -0.2) is 4.79 Å². The lowest BCUT2D eigenvalue weighted by Gasteiger charge is -2.16. The second kappa shape index (κ2) is 7.71. The van der Waals surface area contributed by atoms with Crippen LogP contribution < -0.4 is 10.6 Å². The normalized spacial score (nSPS) is 12.7.